The van der Waals surface area contributed by atoms with Crippen molar-refractivity contribution in [1.82, 2.24) is 0 Å². The Kier molecular flexibility index (Phi) is 4.51. The Morgan fingerprint density at radius 1 is 0.806 bits per heavy atom. The highest BCUT2D eigenvalue weighted by Gasteiger charge is 2.67. The van der Waals surface area contributed by atoms with Crippen LogP contribution in [0.25, 0.3) is 0 Å². The Bertz CT molecular complexity index is 831. The number of ketones is 1. The minimum atomic E-state index is -0.141. The average molecular weight is 425 g/mol. The monoisotopic (exact) mass is 424 g/mol. The zero-order valence-electron chi connectivity index (χ0n) is 21.8. The molecule has 0 amide bonds. The van der Waals surface area contributed by atoms with Gasteiger partial charge in [-0.3, -0.25) is 4.79 Å². The summed E-state index contributed by atoms with van der Waals surface area (Å²) in [4.78, 5) is 12.9. The minimum absolute atomic E-state index is 0.141. The first-order valence-corrected chi connectivity index (χ1v) is 13.4. The SMILES string of the molecule is CC1(C)CC[C@]2(C)CC[C@]3(C)C(=CC[C@@H]4[C@]5(C)CCC(=O)C(C)(C)[C@@H]5CC[C@@]43C)[C@@H]2C1. The molecule has 5 aliphatic rings. The molecular formula is C30H48O. The van der Waals surface area contributed by atoms with Gasteiger partial charge >= 0.3 is 0 Å². The van der Waals surface area contributed by atoms with Crippen LogP contribution in [0.2, 0.25) is 0 Å². The molecule has 4 saturated carbocycles. The van der Waals surface area contributed by atoms with Crippen molar-refractivity contribution in [3.05, 3.63) is 11.6 Å². The summed E-state index contributed by atoms with van der Waals surface area (Å²) in [5.41, 5.74) is 3.75. The van der Waals surface area contributed by atoms with Crippen LogP contribution in [-0.4, -0.2) is 5.78 Å². The summed E-state index contributed by atoms with van der Waals surface area (Å²) in [6, 6.07) is 0. The maximum atomic E-state index is 12.9. The first-order valence-electron chi connectivity index (χ1n) is 13.4. The fraction of sp³-hybridized carbons (Fsp3) is 0.900. The highest BCUT2D eigenvalue weighted by atomic mass is 16.1. The van der Waals surface area contributed by atoms with Crippen molar-refractivity contribution in [2.24, 2.45) is 50.2 Å². The first-order chi connectivity index (χ1) is 14.2. The second-order valence-electron chi connectivity index (χ2n) is 15.0. The summed E-state index contributed by atoms with van der Waals surface area (Å²) < 4.78 is 0. The van der Waals surface area contributed by atoms with Crippen molar-refractivity contribution < 1.29 is 4.79 Å². The van der Waals surface area contributed by atoms with Gasteiger partial charge in [0.05, 0.1) is 0 Å². The lowest BCUT2D eigenvalue weighted by Crippen LogP contribution is -2.64. The number of rotatable bonds is 0. The molecule has 174 valence electrons. The van der Waals surface area contributed by atoms with Crippen LogP contribution in [0.5, 0.6) is 0 Å². The summed E-state index contributed by atoms with van der Waals surface area (Å²) >= 11 is 0. The van der Waals surface area contributed by atoms with Crippen LogP contribution in [0.15, 0.2) is 11.6 Å². The summed E-state index contributed by atoms with van der Waals surface area (Å²) in [7, 11) is 0. The van der Waals surface area contributed by atoms with Gasteiger partial charge in [-0.05, 0) is 103 Å². The summed E-state index contributed by atoms with van der Waals surface area (Å²) in [6.07, 6.45) is 15.5. The minimum Gasteiger partial charge on any atom is -0.299 e. The average Bonchev–Trinajstić information content (AvgIpc) is 2.67. The molecule has 0 saturated heterocycles. The number of allylic oxidation sites excluding steroid dienone is 2. The number of carbonyl (C=O) groups excluding carboxylic acids is 1. The largest absolute Gasteiger partial charge is 0.299 e. The van der Waals surface area contributed by atoms with Crippen molar-refractivity contribution in [3.8, 4) is 0 Å². The molecule has 0 bridgehead atoms. The molecule has 5 rings (SSSR count). The zero-order chi connectivity index (χ0) is 22.7. The van der Waals surface area contributed by atoms with Crippen molar-refractivity contribution in [3.63, 3.8) is 0 Å². The van der Waals surface area contributed by atoms with Crippen LogP contribution in [0.3, 0.4) is 0 Å². The molecule has 0 spiro atoms. The molecule has 0 aliphatic heterocycles. The molecule has 4 fully saturated rings. The van der Waals surface area contributed by atoms with E-state index in [9.17, 15) is 4.79 Å². The Morgan fingerprint density at radius 3 is 2.19 bits per heavy atom. The van der Waals surface area contributed by atoms with Gasteiger partial charge in [-0.2, -0.15) is 0 Å². The van der Waals surface area contributed by atoms with E-state index in [1.165, 1.54) is 51.4 Å². The van der Waals surface area contributed by atoms with E-state index in [0.717, 1.165) is 24.7 Å². The highest BCUT2D eigenvalue weighted by Crippen LogP contribution is 2.75. The predicted octanol–water partition coefficient (Wildman–Crippen LogP) is 8.38. The lowest BCUT2D eigenvalue weighted by atomic mass is 9.34. The van der Waals surface area contributed by atoms with Crippen molar-refractivity contribution in [2.75, 3.05) is 0 Å². The summed E-state index contributed by atoms with van der Waals surface area (Å²) in [6.45, 7) is 20.1. The predicted molar refractivity (Wildman–Crippen MR) is 130 cm³/mol. The molecule has 7 atom stereocenters. The molecule has 0 aromatic rings. The van der Waals surface area contributed by atoms with E-state index in [0.29, 0.717) is 38.8 Å². The second-order valence-corrected chi connectivity index (χ2v) is 15.0. The fourth-order valence-corrected chi connectivity index (χ4v) is 10.3. The zero-order valence-corrected chi connectivity index (χ0v) is 21.8. The molecule has 1 heteroatoms. The topological polar surface area (TPSA) is 17.1 Å². The van der Waals surface area contributed by atoms with E-state index in [1.54, 1.807) is 0 Å². The van der Waals surface area contributed by atoms with Gasteiger partial charge < -0.3 is 0 Å². The number of Topliss-reactive ketones (excluding diaryl/α,β-unsaturated/α-hetero) is 1. The van der Waals surface area contributed by atoms with Crippen molar-refractivity contribution >= 4 is 5.78 Å². The molecule has 5 aliphatic carbocycles. The third kappa shape index (κ3) is 2.70. The van der Waals surface area contributed by atoms with E-state index >= 15 is 0 Å². The quantitative estimate of drug-likeness (QED) is 0.357. The van der Waals surface area contributed by atoms with Crippen molar-refractivity contribution in [2.45, 2.75) is 120 Å². The van der Waals surface area contributed by atoms with Gasteiger partial charge in [-0.25, -0.2) is 0 Å². The molecule has 1 nitrogen and oxygen atoms in total. The van der Waals surface area contributed by atoms with Crippen LogP contribution in [0, 0.1) is 50.2 Å². The number of fused-ring (bicyclic) bond motifs is 7. The van der Waals surface area contributed by atoms with Gasteiger partial charge in [0.25, 0.3) is 0 Å². The third-order valence-corrected chi connectivity index (χ3v) is 12.8. The Hall–Kier alpha value is -0.590. The van der Waals surface area contributed by atoms with Gasteiger partial charge in [0.15, 0.2) is 0 Å². The van der Waals surface area contributed by atoms with Gasteiger partial charge in [-0.15, -0.1) is 0 Å². The second kappa shape index (κ2) is 6.29. The number of carbonyl (C=O) groups is 1. The van der Waals surface area contributed by atoms with E-state index < -0.39 is 0 Å². The molecule has 0 N–H and O–H groups in total. The van der Waals surface area contributed by atoms with E-state index in [4.69, 9.17) is 0 Å². The van der Waals surface area contributed by atoms with Gasteiger partial charge in [0, 0.05) is 11.8 Å². The molecular weight excluding hydrogens is 376 g/mol. The van der Waals surface area contributed by atoms with Crippen molar-refractivity contribution in [1.29, 1.82) is 0 Å². The summed E-state index contributed by atoms with van der Waals surface area (Å²) in [5.74, 6) is 2.58. The van der Waals surface area contributed by atoms with Crippen LogP contribution >= 0.6 is 0 Å². The maximum absolute atomic E-state index is 12.9. The van der Waals surface area contributed by atoms with Crippen LogP contribution in [0.1, 0.15) is 120 Å². The molecule has 31 heavy (non-hydrogen) atoms. The third-order valence-electron chi connectivity index (χ3n) is 12.8. The van der Waals surface area contributed by atoms with E-state index in [1.807, 2.05) is 5.57 Å². The Labute approximate surface area is 192 Å². The number of hydrogen-bond acceptors (Lipinski definition) is 1. The standard InChI is InChI=1S/C30H48O/c1-25(2)15-16-27(5)17-18-29(7)20(21(27)19-25)9-10-23-28(6)13-12-24(31)26(3,4)22(28)11-14-30(23,29)8/h9,21-23H,10-19H2,1-8H3/t21-,22-,23+,27+,28+,29+,30-/m0/s1. The summed E-state index contributed by atoms with van der Waals surface area (Å²) in [5, 5.41) is 0. The van der Waals surface area contributed by atoms with Gasteiger partial charge in [0.2, 0.25) is 0 Å². The van der Waals surface area contributed by atoms with Gasteiger partial charge in [0.1, 0.15) is 5.78 Å². The van der Waals surface area contributed by atoms with E-state index in [-0.39, 0.29) is 5.41 Å². The normalized spacial score (nSPS) is 52.8. The maximum Gasteiger partial charge on any atom is 0.138 e. The molecule has 0 aromatic carbocycles. The molecule has 0 unspecified atom stereocenters. The fourth-order valence-electron chi connectivity index (χ4n) is 10.3. The Morgan fingerprint density at radius 2 is 1.48 bits per heavy atom. The van der Waals surface area contributed by atoms with Gasteiger partial charge in [-0.1, -0.05) is 67.0 Å². The smallest absolute Gasteiger partial charge is 0.138 e. The van der Waals surface area contributed by atoms with Crippen LogP contribution in [-0.2, 0) is 4.79 Å². The first kappa shape index (κ1) is 22.2. The number of hydrogen-bond donors (Lipinski definition) is 0. The molecule has 0 radical (unpaired) electrons. The van der Waals surface area contributed by atoms with E-state index in [2.05, 4.69) is 61.5 Å². The lowest BCUT2D eigenvalue weighted by Gasteiger charge is -2.70. The molecule has 0 heterocycles. The van der Waals surface area contributed by atoms with Crippen LogP contribution in [0.4, 0.5) is 0 Å². The Balaban J connectivity index is 1.58. The lowest BCUT2D eigenvalue weighted by molar-refractivity contribution is -0.184. The van der Waals surface area contributed by atoms with Crippen LogP contribution < -0.4 is 0 Å². The molecule has 0 aromatic heterocycles. The highest BCUT2D eigenvalue weighted by molar-refractivity contribution is 5.85.